The first-order valence-electron chi connectivity index (χ1n) is 12.3. The van der Waals surface area contributed by atoms with E-state index < -0.39 is 22.5 Å². The molecule has 0 aromatic heterocycles. The van der Waals surface area contributed by atoms with E-state index in [4.69, 9.17) is 0 Å². The number of carbonyl (C=O) groups is 2. The van der Waals surface area contributed by atoms with Crippen molar-refractivity contribution in [1.29, 1.82) is 0 Å². The summed E-state index contributed by atoms with van der Waals surface area (Å²) in [4.78, 5) is 26.3. The zero-order valence-corrected chi connectivity index (χ0v) is 21.8. The van der Waals surface area contributed by atoms with E-state index in [1.807, 2.05) is 49.4 Å². The van der Waals surface area contributed by atoms with Crippen molar-refractivity contribution in [2.45, 2.75) is 24.8 Å². The molecule has 4 rings (SSSR count). The number of amides is 2. The molecule has 0 saturated heterocycles. The van der Waals surface area contributed by atoms with Crippen LogP contribution < -0.4 is 14.9 Å². The van der Waals surface area contributed by atoms with Gasteiger partial charge in [-0.15, -0.1) is 0 Å². The fourth-order valence-electron chi connectivity index (χ4n) is 4.06. The molecule has 0 atom stereocenters. The van der Waals surface area contributed by atoms with Crippen molar-refractivity contribution in [2.24, 2.45) is 0 Å². The molecule has 38 heavy (non-hydrogen) atoms. The highest BCUT2D eigenvalue weighted by Gasteiger charge is 2.28. The third-order valence-corrected chi connectivity index (χ3v) is 7.78. The standard InChI is InChI=1S/C30H29N3O4S/c1-2-24-15-9-12-20-28(24)33(38(36,37)25-16-7-4-8-17-25)22-29(34)32-27-19-11-10-18-26(27)30(35)31-21-23-13-5-3-6-14-23/h3-20H,2,21-22H2,1H3,(H,31,35)(H,32,34). The Kier molecular flexibility index (Phi) is 8.55. The second-order valence-electron chi connectivity index (χ2n) is 8.57. The van der Waals surface area contributed by atoms with Gasteiger partial charge >= 0.3 is 0 Å². The zero-order chi connectivity index (χ0) is 27.0. The van der Waals surface area contributed by atoms with Crippen LogP contribution in [-0.4, -0.2) is 26.8 Å². The van der Waals surface area contributed by atoms with Gasteiger partial charge in [0.05, 0.1) is 21.8 Å². The van der Waals surface area contributed by atoms with Gasteiger partial charge in [-0.05, 0) is 47.9 Å². The van der Waals surface area contributed by atoms with Gasteiger partial charge in [0, 0.05) is 6.54 Å². The maximum absolute atomic E-state index is 13.7. The molecule has 0 aliphatic heterocycles. The molecule has 0 spiro atoms. The van der Waals surface area contributed by atoms with Crippen molar-refractivity contribution in [1.82, 2.24) is 5.32 Å². The van der Waals surface area contributed by atoms with E-state index >= 15 is 0 Å². The molecule has 0 aliphatic rings. The van der Waals surface area contributed by atoms with E-state index in [0.29, 0.717) is 24.3 Å². The normalized spacial score (nSPS) is 11.0. The van der Waals surface area contributed by atoms with Crippen LogP contribution in [0.15, 0.2) is 114 Å². The van der Waals surface area contributed by atoms with Crippen molar-refractivity contribution >= 4 is 33.2 Å². The predicted molar refractivity (Wildman–Crippen MR) is 149 cm³/mol. The second-order valence-corrected chi connectivity index (χ2v) is 10.4. The second kappa shape index (κ2) is 12.2. The molecule has 0 aliphatic carbocycles. The van der Waals surface area contributed by atoms with Gasteiger partial charge < -0.3 is 10.6 Å². The van der Waals surface area contributed by atoms with Crippen LogP contribution in [0.3, 0.4) is 0 Å². The number of benzene rings is 4. The van der Waals surface area contributed by atoms with Gasteiger partial charge in [0.25, 0.3) is 15.9 Å². The van der Waals surface area contributed by atoms with Gasteiger partial charge in [-0.1, -0.05) is 85.8 Å². The molecule has 0 saturated carbocycles. The first-order valence-corrected chi connectivity index (χ1v) is 13.7. The fraction of sp³-hybridized carbons (Fsp3) is 0.133. The van der Waals surface area contributed by atoms with Crippen LogP contribution in [0.4, 0.5) is 11.4 Å². The number of aryl methyl sites for hydroxylation is 1. The Hall–Kier alpha value is -4.43. The smallest absolute Gasteiger partial charge is 0.264 e. The summed E-state index contributed by atoms with van der Waals surface area (Å²) in [5.41, 5.74) is 2.74. The van der Waals surface area contributed by atoms with Crippen LogP contribution in [0.5, 0.6) is 0 Å². The average Bonchev–Trinajstić information content (AvgIpc) is 2.96. The molecule has 7 nitrogen and oxygen atoms in total. The lowest BCUT2D eigenvalue weighted by molar-refractivity contribution is -0.114. The maximum Gasteiger partial charge on any atom is 0.264 e. The molecule has 4 aromatic carbocycles. The lowest BCUT2D eigenvalue weighted by atomic mass is 10.1. The van der Waals surface area contributed by atoms with Gasteiger partial charge in [0.1, 0.15) is 6.54 Å². The number of nitrogens with zero attached hydrogens (tertiary/aromatic N) is 1. The first kappa shape index (κ1) is 26.6. The van der Waals surface area contributed by atoms with E-state index in [1.165, 1.54) is 12.1 Å². The van der Waals surface area contributed by atoms with Crippen molar-refractivity contribution in [3.63, 3.8) is 0 Å². The van der Waals surface area contributed by atoms with Crippen LogP contribution in [0.25, 0.3) is 0 Å². The van der Waals surface area contributed by atoms with Crippen LogP contribution in [0, 0.1) is 0 Å². The predicted octanol–water partition coefficient (Wildman–Crippen LogP) is 5.01. The molecule has 0 radical (unpaired) electrons. The lowest BCUT2D eigenvalue weighted by Crippen LogP contribution is -2.39. The van der Waals surface area contributed by atoms with Crippen LogP contribution in [0.2, 0.25) is 0 Å². The summed E-state index contributed by atoms with van der Waals surface area (Å²) in [6, 6.07) is 31.3. The maximum atomic E-state index is 13.7. The van der Waals surface area contributed by atoms with Gasteiger partial charge in [-0.3, -0.25) is 13.9 Å². The minimum atomic E-state index is -4.05. The Morgan fingerprint density at radius 3 is 2.08 bits per heavy atom. The Labute approximate surface area is 223 Å². The van der Waals surface area contributed by atoms with E-state index in [9.17, 15) is 18.0 Å². The van der Waals surface area contributed by atoms with E-state index in [2.05, 4.69) is 10.6 Å². The van der Waals surface area contributed by atoms with Crippen molar-refractivity contribution < 1.29 is 18.0 Å². The SMILES string of the molecule is CCc1ccccc1N(CC(=O)Nc1ccccc1C(=O)NCc1ccccc1)S(=O)(=O)c1ccccc1. The summed E-state index contributed by atoms with van der Waals surface area (Å²) >= 11 is 0. The number of hydrogen-bond acceptors (Lipinski definition) is 4. The first-order chi connectivity index (χ1) is 18.4. The van der Waals surface area contributed by atoms with Crippen LogP contribution in [-0.2, 0) is 27.8 Å². The number of anilines is 2. The molecule has 0 unspecified atom stereocenters. The van der Waals surface area contributed by atoms with Crippen LogP contribution >= 0.6 is 0 Å². The highest BCUT2D eigenvalue weighted by atomic mass is 32.2. The third kappa shape index (κ3) is 6.27. The Bertz CT molecular complexity index is 1510. The highest BCUT2D eigenvalue weighted by Crippen LogP contribution is 2.28. The summed E-state index contributed by atoms with van der Waals surface area (Å²) in [6.45, 7) is 1.80. The number of carbonyl (C=O) groups excluding carboxylic acids is 2. The molecule has 194 valence electrons. The highest BCUT2D eigenvalue weighted by molar-refractivity contribution is 7.92. The molecule has 8 heteroatoms. The summed E-state index contributed by atoms with van der Waals surface area (Å²) in [5, 5.41) is 5.60. The number of para-hydroxylation sites is 2. The minimum absolute atomic E-state index is 0.0828. The molecule has 0 bridgehead atoms. The van der Waals surface area contributed by atoms with Crippen molar-refractivity contribution in [2.75, 3.05) is 16.2 Å². The van der Waals surface area contributed by atoms with Crippen LogP contribution in [0.1, 0.15) is 28.4 Å². The summed E-state index contributed by atoms with van der Waals surface area (Å²) < 4.78 is 28.5. The third-order valence-electron chi connectivity index (χ3n) is 6.00. The topological polar surface area (TPSA) is 95.6 Å². The number of nitrogens with one attached hydrogen (secondary N) is 2. The van der Waals surface area contributed by atoms with Gasteiger partial charge in [0.15, 0.2) is 0 Å². The van der Waals surface area contributed by atoms with Crippen molar-refractivity contribution in [3.05, 3.63) is 126 Å². The molecular formula is C30H29N3O4S. The zero-order valence-electron chi connectivity index (χ0n) is 21.0. The lowest BCUT2D eigenvalue weighted by Gasteiger charge is -2.26. The quantitative estimate of drug-likeness (QED) is 0.303. The summed E-state index contributed by atoms with van der Waals surface area (Å²) in [6.07, 6.45) is 0.586. The number of sulfonamides is 1. The van der Waals surface area contributed by atoms with Crippen molar-refractivity contribution in [3.8, 4) is 0 Å². The van der Waals surface area contributed by atoms with E-state index in [1.54, 1.807) is 54.6 Å². The number of hydrogen-bond donors (Lipinski definition) is 2. The van der Waals surface area contributed by atoms with Gasteiger partial charge in [0.2, 0.25) is 5.91 Å². The molecule has 2 N–H and O–H groups in total. The Morgan fingerprint density at radius 2 is 1.37 bits per heavy atom. The monoisotopic (exact) mass is 527 g/mol. The van der Waals surface area contributed by atoms with E-state index in [0.717, 1.165) is 15.4 Å². The molecule has 0 fully saturated rings. The summed E-state index contributed by atoms with van der Waals surface area (Å²) in [5.74, 6) is -0.923. The fourth-order valence-corrected chi connectivity index (χ4v) is 5.54. The average molecular weight is 528 g/mol. The molecule has 2 amide bonds. The molecular weight excluding hydrogens is 498 g/mol. The molecule has 4 aromatic rings. The minimum Gasteiger partial charge on any atom is -0.348 e. The Morgan fingerprint density at radius 1 is 0.763 bits per heavy atom. The Balaban J connectivity index is 1.58. The number of rotatable bonds is 10. The molecule has 0 heterocycles. The summed E-state index contributed by atoms with van der Waals surface area (Å²) in [7, 11) is -4.05. The largest absolute Gasteiger partial charge is 0.348 e. The van der Waals surface area contributed by atoms with Gasteiger partial charge in [-0.2, -0.15) is 0 Å². The van der Waals surface area contributed by atoms with E-state index in [-0.39, 0.29) is 16.4 Å². The van der Waals surface area contributed by atoms with Gasteiger partial charge in [-0.25, -0.2) is 8.42 Å².